The van der Waals surface area contributed by atoms with Crippen LogP contribution in [0, 0.1) is 16.7 Å². The van der Waals surface area contributed by atoms with Crippen LogP contribution in [-0.2, 0) is 23.7 Å². The molecule has 2 aliphatic carbocycles. The lowest BCUT2D eigenvalue weighted by Crippen LogP contribution is -2.89. The summed E-state index contributed by atoms with van der Waals surface area (Å²) in [6.45, 7) is 17.0. The van der Waals surface area contributed by atoms with Crippen LogP contribution in [0.5, 0.6) is 0 Å². The summed E-state index contributed by atoms with van der Waals surface area (Å²) in [4.78, 5) is 32.1. The number of carbonyl (C=O) groups excluding carboxylic acids is 2. The van der Waals surface area contributed by atoms with Gasteiger partial charge in [0.15, 0.2) is 11.4 Å². The lowest BCUT2D eigenvalue weighted by Gasteiger charge is -2.74. The highest BCUT2D eigenvalue weighted by atomic mass is 16.7. The smallest absolute Gasteiger partial charge is 0.407 e. The first-order valence-electron chi connectivity index (χ1n) is 15.4. The maximum Gasteiger partial charge on any atom is 0.407 e. The molecule has 0 aromatic carbocycles. The lowest BCUT2D eigenvalue weighted by molar-refractivity contribution is -0.456. The van der Waals surface area contributed by atoms with Crippen LogP contribution in [0.3, 0.4) is 0 Å². The minimum atomic E-state index is -1.56. The fraction of sp³-hybridized carbons (Fsp3) is 0.871. The summed E-state index contributed by atoms with van der Waals surface area (Å²) in [5.74, 6) is -0.601. The first kappa shape index (κ1) is 30.9. The van der Waals surface area contributed by atoms with Crippen molar-refractivity contribution in [1.29, 1.82) is 0 Å². The first-order chi connectivity index (χ1) is 19.1. The highest BCUT2D eigenvalue weighted by molar-refractivity contribution is 5.93. The van der Waals surface area contributed by atoms with E-state index in [-0.39, 0.29) is 18.3 Å². The molecule has 10 heteroatoms. The second-order valence-electron chi connectivity index (χ2n) is 14.5. The fourth-order valence-corrected chi connectivity index (χ4v) is 9.09. The zero-order valence-corrected chi connectivity index (χ0v) is 26.0. The van der Waals surface area contributed by atoms with Gasteiger partial charge in [-0.25, -0.2) is 4.79 Å². The Labute approximate surface area is 245 Å². The van der Waals surface area contributed by atoms with Gasteiger partial charge < -0.3 is 34.3 Å². The van der Waals surface area contributed by atoms with Crippen LogP contribution in [-0.4, -0.2) is 109 Å². The number of hydrogen-bond acceptors (Lipinski definition) is 9. The molecule has 2 saturated carbocycles. The highest BCUT2D eigenvalue weighted by Crippen LogP contribution is 2.70. The molecule has 0 bridgehead atoms. The minimum Gasteiger partial charge on any atom is -0.443 e. The molecule has 232 valence electrons. The molecule has 9 atom stereocenters. The second-order valence-corrected chi connectivity index (χ2v) is 14.5. The van der Waals surface area contributed by atoms with Crippen LogP contribution in [0.25, 0.3) is 0 Å². The van der Waals surface area contributed by atoms with Crippen LogP contribution in [0.4, 0.5) is 4.79 Å². The number of aliphatic hydroxyl groups excluding tert-OH is 1. The maximum absolute atomic E-state index is 14.6. The Balaban J connectivity index is 1.54. The van der Waals surface area contributed by atoms with Crippen molar-refractivity contribution in [3.8, 4) is 0 Å². The fourth-order valence-electron chi connectivity index (χ4n) is 9.09. The van der Waals surface area contributed by atoms with E-state index < -0.39 is 58.3 Å². The van der Waals surface area contributed by atoms with E-state index in [4.69, 9.17) is 18.9 Å². The van der Waals surface area contributed by atoms with E-state index in [9.17, 15) is 14.7 Å². The Morgan fingerprint density at radius 1 is 1.20 bits per heavy atom. The van der Waals surface area contributed by atoms with E-state index in [1.165, 1.54) is 19.3 Å². The molecule has 3 heterocycles. The topological polar surface area (TPSA) is 110 Å². The molecule has 1 amide bonds. The summed E-state index contributed by atoms with van der Waals surface area (Å²) in [7, 11) is 3.68. The zero-order valence-electron chi connectivity index (χ0n) is 26.0. The van der Waals surface area contributed by atoms with E-state index >= 15 is 0 Å². The van der Waals surface area contributed by atoms with Crippen LogP contribution < -0.4 is 5.32 Å². The number of piperidine rings is 1. The van der Waals surface area contributed by atoms with Gasteiger partial charge in [-0.3, -0.25) is 9.69 Å². The number of rotatable bonds is 6. The normalized spacial score (nSPS) is 45.9. The van der Waals surface area contributed by atoms with E-state index in [0.29, 0.717) is 13.0 Å². The van der Waals surface area contributed by atoms with Gasteiger partial charge in [0, 0.05) is 30.8 Å². The van der Waals surface area contributed by atoms with E-state index in [2.05, 4.69) is 30.6 Å². The van der Waals surface area contributed by atoms with Crippen LogP contribution in [0.1, 0.15) is 73.1 Å². The van der Waals surface area contributed by atoms with Gasteiger partial charge in [-0.1, -0.05) is 33.3 Å². The third kappa shape index (κ3) is 4.59. The Kier molecular flexibility index (Phi) is 7.95. The van der Waals surface area contributed by atoms with Gasteiger partial charge in [0.2, 0.25) is 6.41 Å². The summed E-state index contributed by atoms with van der Waals surface area (Å²) in [6.07, 6.45) is 2.64. The van der Waals surface area contributed by atoms with Gasteiger partial charge in [0.25, 0.3) is 0 Å². The van der Waals surface area contributed by atoms with E-state index in [1.54, 1.807) is 24.8 Å². The Bertz CT molecular complexity index is 1050. The van der Waals surface area contributed by atoms with Gasteiger partial charge >= 0.3 is 6.09 Å². The average molecular weight is 578 g/mol. The highest BCUT2D eigenvalue weighted by Gasteiger charge is 2.84. The van der Waals surface area contributed by atoms with Gasteiger partial charge in [0.05, 0.1) is 11.7 Å². The number of ketones is 1. The van der Waals surface area contributed by atoms with Crippen LogP contribution in [0.2, 0.25) is 0 Å². The maximum atomic E-state index is 14.6. The zero-order chi connectivity index (χ0) is 30.0. The molecule has 0 aromatic rings. The number of likely N-dealkylation sites (tertiary alicyclic amines) is 1. The third-order valence-electron chi connectivity index (χ3n) is 11.0. The van der Waals surface area contributed by atoms with Gasteiger partial charge in [-0.2, -0.15) is 0 Å². The molecule has 10 nitrogen and oxygen atoms in total. The van der Waals surface area contributed by atoms with Crippen molar-refractivity contribution in [3.05, 3.63) is 12.7 Å². The molecule has 0 radical (unpaired) electrons. The van der Waals surface area contributed by atoms with Gasteiger partial charge in [-0.05, 0) is 72.1 Å². The Morgan fingerprint density at radius 3 is 2.51 bits per heavy atom. The summed E-state index contributed by atoms with van der Waals surface area (Å²) < 4.78 is 26.3. The summed E-state index contributed by atoms with van der Waals surface area (Å²) in [6, 6.07) is 0. The number of amides is 1. The molecule has 1 unspecified atom stereocenters. The number of nitrogens with zero attached hydrogens (tertiary/aromatic N) is 2. The molecule has 1 spiro atoms. The van der Waals surface area contributed by atoms with Crippen LogP contribution in [0.15, 0.2) is 12.7 Å². The van der Waals surface area contributed by atoms with Crippen molar-refractivity contribution < 1.29 is 33.6 Å². The monoisotopic (exact) mass is 577 g/mol. The third-order valence-corrected chi connectivity index (χ3v) is 11.0. The molecule has 5 aliphatic rings. The molecule has 3 aliphatic heterocycles. The number of ether oxygens (including phenoxy) is 4. The second kappa shape index (κ2) is 10.6. The molecule has 41 heavy (non-hydrogen) atoms. The van der Waals surface area contributed by atoms with Crippen molar-refractivity contribution in [3.63, 3.8) is 0 Å². The standard InChI is InChI=1S/C31H51N3O7/c1-9-28(4)19-20(35)31-29(5)21(38-26(40-31)33(7)8)13-14-27(2,3)23(29)22(24(36)30(31,6)41-28)39-25(37)32-15-18-34-16-11-10-12-17-34/h9,21-24,26,36H,1,10-19H2,2-8H3,(H,32,37)/t21-,22-,23-,24-,26?,28-,29-,30+,31-/m0/s1. The van der Waals surface area contributed by atoms with Crippen molar-refractivity contribution in [2.75, 3.05) is 40.3 Å². The predicted molar refractivity (Wildman–Crippen MR) is 153 cm³/mol. The summed E-state index contributed by atoms with van der Waals surface area (Å²) >= 11 is 0. The molecule has 2 N–H and O–H groups in total. The average Bonchev–Trinajstić information content (AvgIpc) is 2.90. The quantitative estimate of drug-likeness (QED) is 0.460. The summed E-state index contributed by atoms with van der Waals surface area (Å²) in [5, 5.41) is 15.2. The van der Waals surface area contributed by atoms with Gasteiger partial charge in [0.1, 0.15) is 17.8 Å². The molecule has 3 saturated heterocycles. The van der Waals surface area contributed by atoms with Crippen molar-refractivity contribution >= 4 is 11.9 Å². The van der Waals surface area contributed by atoms with Crippen molar-refractivity contribution in [2.45, 2.75) is 115 Å². The lowest BCUT2D eigenvalue weighted by atomic mass is 9.39. The van der Waals surface area contributed by atoms with Crippen LogP contribution >= 0.6 is 0 Å². The molecular formula is C31H51N3O7. The molecular weight excluding hydrogens is 526 g/mol. The Hall–Kier alpha value is -1.56. The number of alkyl carbamates (subject to hydrolysis) is 1. The summed E-state index contributed by atoms with van der Waals surface area (Å²) in [5.41, 5.74) is -5.51. The van der Waals surface area contributed by atoms with Gasteiger partial charge in [-0.15, -0.1) is 6.58 Å². The SMILES string of the molecule is C=C[C@@]1(C)CC(=O)[C@@]23OC(N(C)C)O[C@H]4CCC(C)(C)[C@H]([C@H](OC(=O)NCCN5CCCCC5)[C@H](O)[C@@]2(C)O1)[C@]43C. The van der Waals surface area contributed by atoms with Crippen molar-refractivity contribution in [1.82, 2.24) is 15.1 Å². The molecule has 5 fully saturated rings. The molecule has 5 rings (SSSR count). The van der Waals surface area contributed by atoms with E-state index in [1.807, 2.05) is 21.0 Å². The number of carbonyl (C=O) groups is 2. The molecule has 0 aromatic heterocycles. The van der Waals surface area contributed by atoms with E-state index in [0.717, 1.165) is 26.1 Å². The number of nitrogens with one attached hydrogen (secondary N) is 1. The first-order valence-corrected chi connectivity index (χ1v) is 15.4. The number of Topliss-reactive ketones (excluding diaryl/α,β-unsaturated/α-hetero) is 1. The largest absolute Gasteiger partial charge is 0.443 e. The number of hydrogen-bond donors (Lipinski definition) is 2. The predicted octanol–water partition coefficient (Wildman–Crippen LogP) is 3.08. The minimum absolute atomic E-state index is 0.0525. The van der Waals surface area contributed by atoms with Crippen molar-refractivity contribution in [2.24, 2.45) is 16.7 Å². The Morgan fingerprint density at radius 2 is 1.88 bits per heavy atom. The number of aliphatic hydroxyl groups is 1.